The fourth-order valence-electron chi connectivity index (χ4n) is 2.92. The van der Waals surface area contributed by atoms with Gasteiger partial charge in [-0.15, -0.1) is 0 Å². The maximum absolute atomic E-state index is 13.0. The standard InChI is InChI=1S/C18H18F3N3O3/c19-18(20,21)13-4-1-2-5-14(13)23-17(26)24-9-7-12(8-10-24)22-16(25)15-6-3-11-27-15/h1-6,11-12H,7-10H2,(H,22,25)(H,23,26). The molecular weight excluding hydrogens is 363 g/mol. The number of rotatable bonds is 3. The lowest BCUT2D eigenvalue weighted by molar-refractivity contribution is -0.136. The normalized spacial score (nSPS) is 15.4. The Morgan fingerprint density at radius 1 is 1.07 bits per heavy atom. The molecule has 1 aliphatic heterocycles. The summed E-state index contributed by atoms with van der Waals surface area (Å²) in [6.07, 6.45) is -2.14. The molecular formula is C18H18F3N3O3. The van der Waals surface area contributed by atoms with E-state index in [4.69, 9.17) is 4.42 Å². The molecule has 1 fully saturated rings. The van der Waals surface area contributed by atoms with Crippen LogP contribution in [0.25, 0.3) is 0 Å². The number of carbonyl (C=O) groups is 2. The van der Waals surface area contributed by atoms with Crippen LogP contribution in [0.3, 0.4) is 0 Å². The van der Waals surface area contributed by atoms with E-state index in [1.807, 2.05) is 0 Å². The minimum atomic E-state index is -4.55. The smallest absolute Gasteiger partial charge is 0.418 e. The maximum atomic E-state index is 13.0. The molecule has 0 atom stereocenters. The number of para-hydroxylation sites is 1. The molecule has 9 heteroatoms. The van der Waals surface area contributed by atoms with Crippen molar-refractivity contribution in [1.82, 2.24) is 10.2 Å². The molecule has 1 aromatic carbocycles. The lowest BCUT2D eigenvalue weighted by Crippen LogP contribution is -2.47. The number of furan rings is 1. The van der Waals surface area contributed by atoms with Gasteiger partial charge < -0.3 is 20.0 Å². The van der Waals surface area contributed by atoms with E-state index in [1.165, 1.54) is 29.4 Å². The van der Waals surface area contributed by atoms with Gasteiger partial charge in [-0.3, -0.25) is 4.79 Å². The summed E-state index contributed by atoms with van der Waals surface area (Å²) in [6.45, 7) is 0.645. The SMILES string of the molecule is O=C(NC1CCN(C(=O)Nc2ccccc2C(F)(F)F)CC1)c1ccco1. The summed E-state index contributed by atoms with van der Waals surface area (Å²) in [4.78, 5) is 25.7. The molecule has 0 radical (unpaired) electrons. The fraction of sp³-hybridized carbons (Fsp3) is 0.333. The van der Waals surface area contributed by atoms with Gasteiger partial charge in [0.1, 0.15) is 0 Å². The summed E-state index contributed by atoms with van der Waals surface area (Å²) in [5.41, 5.74) is -1.16. The number of urea groups is 1. The molecule has 0 saturated carbocycles. The van der Waals surface area contributed by atoms with Crippen LogP contribution in [0.4, 0.5) is 23.7 Å². The molecule has 2 heterocycles. The lowest BCUT2D eigenvalue weighted by atomic mass is 10.1. The minimum absolute atomic E-state index is 0.130. The second-order valence-corrected chi connectivity index (χ2v) is 6.19. The van der Waals surface area contributed by atoms with Gasteiger partial charge in [0, 0.05) is 19.1 Å². The number of hydrogen-bond donors (Lipinski definition) is 2. The van der Waals surface area contributed by atoms with Crippen LogP contribution in [0.2, 0.25) is 0 Å². The number of hydrogen-bond acceptors (Lipinski definition) is 3. The van der Waals surface area contributed by atoms with Crippen LogP contribution in [-0.4, -0.2) is 36.0 Å². The number of carbonyl (C=O) groups excluding carboxylic acids is 2. The van der Waals surface area contributed by atoms with Crippen LogP contribution < -0.4 is 10.6 Å². The Morgan fingerprint density at radius 3 is 2.41 bits per heavy atom. The Kier molecular flexibility index (Phi) is 5.38. The fourth-order valence-corrected chi connectivity index (χ4v) is 2.92. The number of halogens is 3. The molecule has 0 aliphatic carbocycles. The van der Waals surface area contributed by atoms with E-state index in [-0.39, 0.29) is 23.4 Å². The van der Waals surface area contributed by atoms with Crippen LogP contribution in [0, 0.1) is 0 Å². The third-order valence-electron chi connectivity index (χ3n) is 4.34. The van der Waals surface area contributed by atoms with Gasteiger partial charge in [0.25, 0.3) is 5.91 Å². The van der Waals surface area contributed by atoms with Gasteiger partial charge in [0.2, 0.25) is 0 Å². The van der Waals surface area contributed by atoms with Crippen LogP contribution in [-0.2, 0) is 6.18 Å². The number of amides is 3. The maximum Gasteiger partial charge on any atom is 0.418 e. The molecule has 2 N–H and O–H groups in total. The lowest BCUT2D eigenvalue weighted by Gasteiger charge is -2.32. The zero-order chi connectivity index (χ0) is 19.4. The van der Waals surface area contributed by atoms with E-state index in [0.29, 0.717) is 25.9 Å². The molecule has 1 saturated heterocycles. The molecule has 144 valence electrons. The Balaban J connectivity index is 1.54. The first-order valence-corrected chi connectivity index (χ1v) is 8.41. The van der Waals surface area contributed by atoms with E-state index in [2.05, 4.69) is 10.6 Å². The van der Waals surface area contributed by atoms with E-state index in [0.717, 1.165) is 6.07 Å². The predicted octanol–water partition coefficient (Wildman–Crippen LogP) is 3.72. The van der Waals surface area contributed by atoms with Crippen molar-refractivity contribution in [3.05, 3.63) is 54.0 Å². The first kappa shape index (κ1) is 18.8. The van der Waals surface area contributed by atoms with Gasteiger partial charge in [0.05, 0.1) is 17.5 Å². The van der Waals surface area contributed by atoms with E-state index >= 15 is 0 Å². The molecule has 27 heavy (non-hydrogen) atoms. The van der Waals surface area contributed by atoms with Crippen molar-refractivity contribution in [2.75, 3.05) is 18.4 Å². The van der Waals surface area contributed by atoms with Crippen LogP contribution >= 0.6 is 0 Å². The van der Waals surface area contributed by atoms with Gasteiger partial charge in [-0.05, 0) is 37.1 Å². The average Bonchev–Trinajstić information content (AvgIpc) is 3.16. The van der Waals surface area contributed by atoms with Gasteiger partial charge in [-0.1, -0.05) is 12.1 Å². The molecule has 0 unspecified atom stereocenters. The molecule has 2 aromatic rings. The third kappa shape index (κ3) is 4.60. The van der Waals surface area contributed by atoms with Crippen molar-refractivity contribution in [3.8, 4) is 0 Å². The van der Waals surface area contributed by atoms with Crippen molar-refractivity contribution in [3.63, 3.8) is 0 Å². The van der Waals surface area contributed by atoms with Crippen molar-refractivity contribution >= 4 is 17.6 Å². The van der Waals surface area contributed by atoms with Crippen molar-refractivity contribution in [2.45, 2.75) is 25.1 Å². The predicted molar refractivity (Wildman–Crippen MR) is 91.2 cm³/mol. The molecule has 0 bridgehead atoms. The second kappa shape index (κ2) is 7.73. The number of piperidine rings is 1. The Labute approximate surface area is 153 Å². The molecule has 3 rings (SSSR count). The van der Waals surface area contributed by atoms with Crippen molar-refractivity contribution in [1.29, 1.82) is 0 Å². The summed E-state index contributed by atoms with van der Waals surface area (Å²) < 4.78 is 44.1. The van der Waals surface area contributed by atoms with Crippen LogP contribution in [0.1, 0.15) is 29.0 Å². The van der Waals surface area contributed by atoms with Crippen molar-refractivity contribution in [2.24, 2.45) is 0 Å². The van der Waals surface area contributed by atoms with Crippen LogP contribution in [0.15, 0.2) is 47.1 Å². The zero-order valence-corrected chi connectivity index (χ0v) is 14.3. The first-order valence-electron chi connectivity index (χ1n) is 8.41. The van der Waals surface area contributed by atoms with E-state index < -0.39 is 17.8 Å². The molecule has 1 aliphatic rings. The number of anilines is 1. The Bertz CT molecular complexity index is 798. The topological polar surface area (TPSA) is 74.6 Å². The van der Waals surface area contributed by atoms with E-state index in [9.17, 15) is 22.8 Å². The largest absolute Gasteiger partial charge is 0.459 e. The van der Waals surface area contributed by atoms with Crippen LogP contribution in [0.5, 0.6) is 0 Å². The highest BCUT2D eigenvalue weighted by molar-refractivity contribution is 5.92. The highest BCUT2D eigenvalue weighted by Gasteiger charge is 2.34. The highest BCUT2D eigenvalue weighted by atomic mass is 19.4. The van der Waals surface area contributed by atoms with Gasteiger partial charge in [-0.25, -0.2) is 4.79 Å². The third-order valence-corrected chi connectivity index (χ3v) is 4.34. The quantitative estimate of drug-likeness (QED) is 0.851. The Morgan fingerprint density at radius 2 is 1.78 bits per heavy atom. The number of nitrogens with one attached hydrogen (secondary N) is 2. The number of benzene rings is 1. The highest BCUT2D eigenvalue weighted by Crippen LogP contribution is 2.34. The first-order chi connectivity index (χ1) is 12.8. The zero-order valence-electron chi connectivity index (χ0n) is 14.3. The van der Waals surface area contributed by atoms with Crippen molar-refractivity contribution < 1.29 is 27.2 Å². The number of alkyl halides is 3. The Hall–Kier alpha value is -2.97. The summed E-state index contributed by atoms with van der Waals surface area (Å²) in [7, 11) is 0. The van der Waals surface area contributed by atoms with Gasteiger partial charge in [-0.2, -0.15) is 13.2 Å². The van der Waals surface area contributed by atoms with E-state index in [1.54, 1.807) is 12.1 Å². The minimum Gasteiger partial charge on any atom is -0.459 e. The number of nitrogens with zero attached hydrogens (tertiary/aromatic N) is 1. The summed E-state index contributed by atoms with van der Waals surface area (Å²) in [6, 6.07) is 7.28. The monoisotopic (exact) mass is 381 g/mol. The molecule has 0 spiro atoms. The van der Waals surface area contributed by atoms with Gasteiger partial charge >= 0.3 is 12.2 Å². The molecule has 6 nitrogen and oxygen atoms in total. The second-order valence-electron chi connectivity index (χ2n) is 6.19. The molecule has 1 aromatic heterocycles. The molecule has 3 amide bonds. The number of likely N-dealkylation sites (tertiary alicyclic amines) is 1. The summed E-state index contributed by atoms with van der Waals surface area (Å²) in [5.74, 6) is -0.124. The summed E-state index contributed by atoms with van der Waals surface area (Å²) in [5, 5.41) is 5.15. The van der Waals surface area contributed by atoms with Gasteiger partial charge in [0.15, 0.2) is 5.76 Å². The summed E-state index contributed by atoms with van der Waals surface area (Å²) >= 11 is 0. The average molecular weight is 381 g/mol.